The first kappa shape index (κ1) is 12.0. The van der Waals surface area contributed by atoms with E-state index >= 15 is 0 Å². The predicted molar refractivity (Wildman–Crippen MR) is 61.6 cm³/mol. The number of halogens is 3. The lowest BCUT2D eigenvalue weighted by Crippen LogP contribution is -2.16. The van der Waals surface area contributed by atoms with Gasteiger partial charge in [-0.2, -0.15) is 0 Å². The van der Waals surface area contributed by atoms with Gasteiger partial charge in [0, 0.05) is 16.8 Å². The van der Waals surface area contributed by atoms with E-state index in [0.29, 0.717) is 0 Å². The second kappa shape index (κ2) is 4.77. The molecule has 0 aliphatic rings. The Morgan fingerprint density at radius 1 is 1.18 bits per heavy atom. The van der Waals surface area contributed by atoms with Crippen LogP contribution in [0.3, 0.4) is 0 Å². The molecular formula is C12H9ClF2N2. The summed E-state index contributed by atoms with van der Waals surface area (Å²) in [6, 6.07) is 5.79. The number of benzene rings is 1. The second-order valence-corrected chi connectivity index (χ2v) is 3.95. The SMILES string of the molecule is NC(c1ccc(Cl)cc1F)c1ncccc1F. The van der Waals surface area contributed by atoms with Crippen LogP contribution in [-0.2, 0) is 0 Å². The fraction of sp³-hybridized carbons (Fsp3) is 0.0833. The van der Waals surface area contributed by atoms with Crippen LogP contribution in [0.15, 0.2) is 36.5 Å². The smallest absolute Gasteiger partial charge is 0.146 e. The Kier molecular flexibility index (Phi) is 3.36. The van der Waals surface area contributed by atoms with Crippen LogP contribution in [0, 0.1) is 11.6 Å². The highest BCUT2D eigenvalue weighted by Crippen LogP contribution is 2.24. The number of hydrogen-bond donors (Lipinski definition) is 1. The van der Waals surface area contributed by atoms with Gasteiger partial charge in [0.2, 0.25) is 0 Å². The number of rotatable bonds is 2. The van der Waals surface area contributed by atoms with Crippen molar-refractivity contribution in [3.63, 3.8) is 0 Å². The Morgan fingerprint density at radius 3 is 2.59 bits per heavy atom. The van der Waals surface area contributed by atoms with Crippen molar-refractivity contribution in [1.82, 2.24) is 4.98 Å². The third kappa shape index (κ3) is 2.43. The molecule has 0 aliphatic carbocycles. The van der Waals surface area contributed by atoms with Crippen LogP contribution in [0.5, 0.6) is 0 Å². The zero-order chi connectivity index (χ0) is 12.4. The van der Waals surface area contributed by atoms with Crippen LogP contribution >= 0.6 is 11.6 Å². The fourth-order valence-electron chi connectivity index (χ4n) is 1.53. The van der Waals surface area contributed by atoms with Gasteiger partial charge in [0.15, 0.2) is 0 Å². The first-order chi connectivity index (χ1) is 8.09. The molecule has 1 aromatic heterocycles. The van der Waals surface area contributed by atoms with Crippen LogP contribution in [0.2, 0.25) is 5.02 Å². The Morgan fingerprint density at radius 2 is 1.94 bits per heavy atom. The molecule has 1 heterocycles. The molecule has 0 saturated carbocycles. The van der Waals surface area contributed by atoms with E-state index in [2.05, 4.69) is 4.98 Å². The molecular weight excluding hydrogens is 246 g/mol. The van der Waals surface area contributed by atoms with Gasteiger partial charge in [-0.3, -0.25) is 4.98 Å². The van der Waals surface area contributed by atoms with Crippen molar-refractivity contribution >= 4 is 11.6 Å². The molecule has 0 radical (unpaired) electrons. The molecule has 1 atom stereocenters. The van der Waals surface area contributed by atoms with Gasteiger partial charge >= 0.3 is 0 Å². The van der Waals surface area contributed by atoms with E-state index in [4.69, 9.17) is 17.3 Å². The summed E-state index contributed by atoms with van der Waals surface area (Å²) in [5.74, 6) is -1.13. The van der Waals surface area contributed by atoms with Crippen molar-refractivity contribution in [1.29, 1.82) is 0 Å². The number of hydrogen-bond acceptors (Lipinski definition) is 2. The molecule has 1 aromatic carbocycles. The molecule has 0 spiro atoms. The molecule has 0 amide bonds. The summed E-state index contributed by atoms with van der Waals surface area (Å²) in [4.78, 5) is 3.82. The summed E-state index contributed by atoms with van der Waals surface area (Å²) in [6.07, 6.45) is 1.41. The van der Waals surface area contributed by atoms with E-state index in [-0.39, 0.29) is 16.3 Å². The highest BCUT2D eigenvalue weighted by atomic mass is 35.5. The maximum atomic E-state index is 13.6. The van der Waals surface area contributed by atoms with Crippen molar-refractivity contribution in [3.05, 3.63) is 64.4 Å². The lowest BCUT2D eigenvalue weighted by molar-refractivity contribution is 0.565. The van der Waals surface area contributed by atoms with Gasteiger partial charge in [-0.15, -0.1) is 0 Å². The van der Waals surface area contributed by atoms with E-state index in [1.54, 1.807) is 0 Å². The van der Waals surface area contributed by atoms with Gasteiger partial charge in [0.1, 0.15) is 11.6 Å². The summed E-state index contributed by atoms with van der Waals surface area (Å²) in [5, 5.41) is 0.264. The molecule has 2 nitrogen and oxygen atoms in total. The van der Waals surface area contributed by atoms with E-state index in [0.717, 1.165) is 6.07 Å². The lowest BCUT2D eigenvalue weighted by atomic mass is 10.0. The van der Waals surface area contributed by atoms with Gasteiger partial charge in [0.05, 0.1) is 11.7 Å². The van der Waals surface area contributed by atoms with E-state index in [1.165, 1.54) is 30.5 Å². The molecule has 1 unspecified atom stereocenters. The zero-order valence-electron chi connectivity index (χ0n) is 8.70. The number of nitrogens with zero attached hydrogens (tertiary/aromatic N) is 1. The Labute approximate surface area is 102 Å². The summed E-state index contributed by atoms with van der Waals surface area (Å²) >= 11 is 5.63. The quantitative estimate of drug-likeness (QED) is 0.895. The summed E-state index contributed by atoms with van der Waals surface area (Å²) in [6.45, 7) is 0. The van der Waals surface area contributed by atoms with Crippen LogP contribution < -0.4 is 5.73 Å². The topological polar surface area (TPSA) is 38.9 Å². The van der Waals surface area contributed by atoms with Crippen LogP contribution in [-0.4, -0.2) is 4.98 Å². The molecule has 5 heteroatoms. The van der Waals surface area contributed by atoms with Crippen LogP contribution in [0.4, 0.5) is 8.78 Å². The molecule has 0 saturated heterocycles. The van der Waals surface area contributed by atoms with E-state index in [1.807, 2.05) is 0 Å². The Hall–Kier alpha value is -1.52. The zero-order valence-corrected chi connectivity index (χ0v) is 9.46. The number of aromatic nitrogens is 1. The van der Waals surface area contributed by atoms with Gasteiger partial charge < -0.3 is 5.73 Å². The minimum Gasteiger partial charge on any atom is -0.319 e. The fourth-order valence-corrected chi connectivity index (χ4v) is 1.69. The summed E-state index contributed by atoms with van der Waals surface area (Å²) in [5.41, 5.74) is 5.95. The van der Waals surface area contributed by atoms with Crippen molar-refractivity contribution in [2.24, 2.45) is 5.73 Å². The molecule has 88 valence electrons. The molecule has 2 N–H and O–H groups in total. The molecule has 2 aromatic rings. The first-order valence-corrected chi connectivity index (χ1v) is 5.28. The average molecular weight is 255 g/mol. The number of pyridine rings is 1. The Bertz CT molecular complexity index is 546. The standard InChI is InChI=1S/C12H9ClF2N2/c13-7-3-4-8(10(15)6-7)11(16)12-9(14)2-1-5-17-12/h1-6,11H,16H2. The molecule has 0 fully saturated rings. The molecule has 0 aliphatic heterocycles. The largest absolute Gasteiger partial charge is 0.319 e. The van der Waals surface area contributed by atoms with Crippen molar-refractivity contribution < 1.29 is 8.78 Å². The molecule has 2 rings (SSSR count). The van der Waals surface area contributed by atoms with Crippen molar-refractivity contribution in [2.75, 3.05) is 0 Å². The van der Waals surface area contributed by atoms with Gasteiger partial charge in [-0.25, -0.2) is 8.78 Å². The third-order valence-corrected chi connectivity index (χ3v) is 2.61. The highest BCUT2D eigenvalue weighted by Gasteiger charge is 2.18. The second-order valence-electron chi connectivity index (χ2n) is 3.51. The van der Waals surface area contributed by atoms with Crippen LogP contribution in [0.25, 0.3) is 0 Å². The maximum Gasteiger partial charge on any atom is 0.146 e. The van der Waals surface area contributed by atoms with Crippen molar-refractivity contribution in [2.45, 2.75) is 6.04 Å². The monoisotopic (exact) mass is 254 g/mol. The Balaban J connectivity index is 2.44. The highest BCUT2D eigenvalue weighted by molar-refractivity contribution is 6.30. The first-order valence-electron chi connectivity index (χ1n) is 4.90. The average Bonchev–Trinajstić information content (AvgIpc) is 2.29. The number of nitrogens with two attached hydrogens (primary N) is 1. The molecule has 0 bridgehead atoms. The van der Waals surface area contributed by atoms with Gasteiger partial charge in [-0.1, -0.05) is 17.7 Å². The van der Waals surface area contributed by atoms with E-state index in [9.17, 15) is 8.78 Å². The van der Waals surface area contributed by atoms with Gasteiger partial charge in [0.25, 0.3) is 0 Å². The minimum atomic E-state index is -0.950. The predicted octanol–water partition coefficient (Wildman–Crippen LogP) is 3.06. The minimum absolute atomic E-state index is 0.00808. The van der Waals surface area contributed by atoms with E-state index < -0.39 is 17.7 Å². The summed E-state index contributed by atoms with van der Waals surface area (Å²) in [7, 11) is 0. The normalized spacial score (nSPS) is 12.5. The lowest BCUT2D eigenvalue weighted by Gasteiger charge is -2.13. The van der Waals surface area contributed by atoms with Crippen LogP contribution in [0.1, 0.15) is 17.3 Å². The summed E-state index contributed by atoms with van der Waals surface area (Å²) < 4.78 is 27.0. The third-order valence-electron chi connectivity index (χ3n) is 2.38. The maximum absolute atomic E-state index is 13.6. The van der Waals surface area contributed by atoms with Crippen molar-refractivity contribution in [3.8, 4) is 0 Å². The van der Waals surface area contributed by atoms with Gasteiger partial charge in [-0.05, 0) is 24.3 Å². The molecule has 17 heavy (non-hydrogen) atoms.